The molecule has 0 aliphatic carbocycles. The van der Waals surface area contributed by atoms with Gasteiger partial charge in [-0.05, 0) is 48.9 Å². The molecule has 0 saturated carbocycles. The van der Waals surface area contributed by atoms with Gasteiger partial charge in [0.2, 0.25) is 11.8 Å². The fraction of sp³-hybridized carbons (Fsp3) is 0.609. The van der Waals surface area contributed by atoms with E-state index in [1.54, 1.807) is 38.5 Å². The lowest BCUT2D eigenvalue weighted by molar-refractivity contribution is -0.133. The summed E-state index contributed by atoms with van der Waals surface area (Å²) in [5.41, 5.74) is 0.458. The van der Waals surface area contributed by atoms with Crippen LogP contribution >= 0.6 is 0 Å². The van der Waals surface area contributed by atoms with Crippen LogP contribution in [-0.4, -0.2) is 69.1 Å². The first-order chi connectivity index (χ1) is 14.8. The molecule has 0 aromatic heterocycles. The summed E-state index contributed by atoms with van der Waals surface area (Å²) in [7, 11) is 3.13. The van der Waals surface area contributed by atoms with Crippen LogP contribution in [0.3, 0.4) is 0 Å². The molecule has 2 N–H and O–H groups in total. The molecule has 1 aromatic rings. The molecule has 3 amide bonds. The van der Waals surface area contributed by atoms with Gasteiger partial charge in [-0.25, -0.2) is 0 Å². The van der Waals surface area contributed by atoms with Gasteiger partial charge in [0.25, 0.3) is 5.91 Å². The number of hydrogen-bond acceptors (Lipinski definition) is 5. The summed E-state index contributed by atoms with van der Waals surface area (Å²) >= 11 is 0. The van der Waals surface area contributed by atoms with Crippen LogP contribution in [0.15, 0.2) is 24.3 Å². The average Bonchev–Trinajstić information content (AvgIpc) is 2.77. The van der Waals surface area contributed by atoms with Crippen molar-refractivity contribution in [2.24, 2.45) is 11.8 Å². The van der Waals surface area contributed by atoms with Crippen LogP contribution < -0.4 is 15.4 Å². The monoisotopic (exact) mass is 433 g/mol. The third-order valence-corrected chi connectivity index (χ3v) is 5.47. The van der Waals surface area contributed by atoms with E-state index in [4.69, 9.17) is 9.47 Å². The largest absolute Gasteiger partial charge is 0.497 e. The molecule has 2 rings (SSSR count). The van der Waals surface area contributed by atoms with Crippen LogP contribution in [0.25, 0.3) is 0 Å². The first-order valence-corrected chi connectivity index (χ1v) is 10.8. The Kier molecular flexibility index (Phi) is 9.78. The maximum atomic E-state index is 12.9. The van der Waals surface area contributed by atoms with Gasteiger partial charge in [0.1, 0.15) is 11.8 Å². The van der Waals surface area contributed by atoms with Crippen LogP contribution in [0.2, 0.25) is 0 Å². The van der Waals surface area contributed by atoms with Crippen molar-refractivity contribution in [3.8, 4) is 5.75 Å². The van der Waals surface area contributed by atoms with Gasteiger partial charge in [0.15, 0.2) is 0 Å². The third-order valence-electron chi connectivity index (χ3n) is 5.47. The summed E-state index contributed by atoms with van der Waals surface area (Å²) in [6, 6.07) is 6.08. The van der Waals surface area contributed by atoms with Crippen molar-refractivity contribution < 1.29 is 23.9 Å². The van der Waals surface area contributed by atoms with Crippen LogP contribution in [0.5, 0.6) is 5.75 Å². The number of rotatable bonds is 10. The number of carbonyl (C=O) groups is 3. The SMILES string of the molecule is COCCNC(=O)C(NC(=O)c1ccc(OC)cc1)C1CCN(C(=O)CC(C)C)CC1. The summed E-state index contributed by atoms with van der Waals surface area (Å²) in [6.07, 6.45) is 1.85. The standard InChI is InChI=1S/C23H35N3O5/c1-16(2)15-20(27)26-12-9-17(10-13-26)21(23(29)24-11-14-30-3)25-22(28)18-5-7-19(31-4)8-6-18/h5-8,16-17,21H,9-15H2,1-4H3,(H,24,29)(H,25,28). The maximum Gasteiger partial charge on any atom is 0.251 e. The Bertz CT molecular complexity index is 727. The Labute approximate surface area is 184 Å². The van der Waals surface area contributed by atoms with E-state index in [9.17, 15) is 14.4 Å². The van der Waals surface area contributed by atoms with Crippen LogP contribution in [0, 0.1) is 11.8 Å². The first kappa shape index (κ1) is 24.7. The van der Waals surface area contributed by atoms with E-state index in [1.807, 2.05) is 18.7 Å². The van der Waals surface area contributed by atoms with E-state index >= 15 is 0 Å². The highest BCUT2D eigenvalue weighted by molar-refractivity contribution is 5.97. The Morgan fingerprint density at radius 3 is 2.29 bits per heavy atom. The van der Waals surface area contributed by atoms with Crippen molar-refractivity contribution in [1.29, 1.82) is 0 Å². The average molecular weight is 434 g/mol. The topological polar surface area (TPSA) is 97.0 Å². The number of carbonyl (C=O) groups excluding carboxylic acids is 3. The number of nitrogens with one attached hydrogen (secondary N) is 2. The molecular weight excluding hydrogens is 398 g/mol. The highest BCUT2D eigenvalue weighted by atomic mass is 16.5. The molecular formula is C23H35N3O5. The fourth-order valence-electron chi connectivity index (χ4n) is 3.71. The van der Waals surface area contributed by atoms with E-state index < -0.39 is 6.04 Å². The van der Waals surface area contributed by atoms with Gasteiger partial charge < -0.3 is 25.0 Å². The van der Waals surface area contributed by atoms with Crippen molar-refractivity contribution in [2.75, 3.05) is 40.5 Å². The molecule has 1 fully saturated rings. The zero-order chi connectivity index (χ0) is 22.8. The molecule has 1 aliphatic heterocycles. The molecule has 172 valence electrons. The molecule has 0 spiro atoms. The molecule has 0 bridgehead atoms. The summed E-state index contributed by atoms with van der Waals surface area (Å²) in [4.78, 5) is 39.9. The minimum absolute atomic E-state index is 0.0483. The van der Waals surface area contributed by atoms with Crippen LogP contribution in [0.1, 0.15) is 43.5 Å². The Balaban J connectivity index is 2.05. The maximum absolute atomic E-state index is 12.9. The summed E-state index contributed by atoms with van der Waals surface area (Å²) in [5, 5.41) is 5.74. The quantitative estimate of drug-likeness (QED) is 0.549. The van der Waals surface area contributed by atoms with Gasteiger partial charge >= 0.3 is 0 Å². The number of nitrogens with zero attached hydrogens (tertiary/aromatic N) is 1. The van der Waals surface area contributed by atoms with Gasteiger partial charge in [-0.15, -0.1) is 0 Å². The second kappa shape index (κ2) is 12.3. The zero-order valence-corrected chi connectivity index (χ0v) is 19.0. The van der Waals surface area contributed by atoms with Crippen molar-refractivity contribution in [2.45, 2.75) is 39.2 Å². The van der Waals surface area contributed by atoms with Crippen molar-refractivity contribution in [3.63, 3.8) is 0 Å². The predicted octanol–water partition coefficient (Wildman–Crippen LogP) is 1.84. The van der Waals surface area contributed by atoms with Crippen molar-refractivity contribution in [1.82, 2.24) is 15.5 Å². The molecule has 0 radical (unpaired) electrons. The zero-order valence-electron chi connectivity index (χ0n) is 19.0. The second-order valence-electron chi connectivity index (χ2n) is 8.28. The van der Waals surface area contributed by atoms with Crippen molar-refractivity contribution >= 4 is 17.7 Å². The number of methoxy groups -OCH3 is 2. The molecule has 1 unspecified atom stereocenters. The third kappa shape index (κ3) is 7.54. The number of ether oxygens (including phenoxy) is 2. The highest BCUT2D eigenvalue weighted by Crippen LogP contribution is 2.23. The van der Waals surface area contributed by atoms with E-state index in [0.717, 1.165) is 0 Å². The summed E-state index contributed by atoms with van der Waals surface area (Å²) in [5.74, 6) is 0.528. The molecule has 1 aromatic carbocycles. The molecule has 8 heteroatoms. The lowest BCUT2D eigenvalue weighted by Gasteiger charge is -2.36. The molecule has 8 nitrogen and oxygen atoms in total. The van der Waals surface area contributed by atoms with Gasteiger partial charge in [-0.1, -0.05) is 13.8 Å². The number of hydrogen-bond donors (Lipinski definition) is 2. The molecule has 31 heavy (non-hydrogen) atoms. The number of benzene rings is 1. The number of amides is 3. The Morgan fingerprint density at radius 1 is 1.10 bits per heavy atom. The van der Waals surface area contributed by atoms with Crippen LogP contribution in [0.4, 0.5) is 0 Å². The molecule has 1 aliphatic rings. The van der Waals surface area contributed by atoms with Crippen molar-refractivity contribution in [3.05, 3.63) is 29.8 Å². The minimum Gasteiger partial charge on any atom is -0.497 e. The summed E-state index contributed by atoms with van der Waals surface area (Å²) < 4.78 is 10.1. The number of piperidine rings is 1. The first-order valence-electron chi connectivity index (χ1n) is 10.8. The summed E-state index contributed by atoms with van der Waals surface area (Å²) in [6.45, 7) is 6.01. The van der Waals surface area contributed by atoms with E-state index in [1.165, 1.54) is 0 Å². The van der Waals surface area contributed by atoms with Gasteiger partial charge in [-0.2, -0.15) is 0 Å². The molecule has 1 saturated heterocycles. The normalized spacial score (nSPS) is 15.5. The minimum atomic E-state index is -0.672. The smallest absolute Gasteiger partial charge is 0.251 e. The number of likely N-dealkylation sites (tertiary alicyclic amines) is 1. The highest BCUT2D eigenvalue weighted by Gasteiger charge is 2.34. The van der Waals surface area contributed by atoms with E-state index in [2.05, 4.69) is 10.6 Å². The fourth-order valence-corrected chi connectivity index (χ4v) is 3.71. The van der Waals surface area contributed by atoms with Gasteiger partial charge in [0, 0.05) is 38.7 Å². The molecule has 1 atom stereocenters. The van der Waals surface area contributed by atoms with Gasteiger partial charge in [-0.3, -0.25) is 14.4 Å². The predicted molar refractivity (Wildman–Crippen MR) is 118 cm³/mol. The Morgan fingerprint density at radius 2 is 1.74 bits per heavy atom. The van der Waals surface area contributed by atoms with E-state index in [0.29, 0.717) is 62.7 Å². The second-order valence-corrected chi connectivity index (χ2v) is 8.28. The van der Waals surface area contributed by atoms with E-state index in [-0.39, 0.29) is 23.6 Å². The van der Waals surface area contributed by atoms with Crippen LogP contribution in [-0.2, 0) is 14.3 Å². The van der Waals surface area contributed by atoms with Gasteiger partial charge in [0.05, 0.1) is 13.7 Å². The lowest BCUT2D eigenvalue weighted by atomic mass is 9.88. The lowest BCUT2D eigenvalue weighted by Crippen LogP contribution is -2.54. The Hall–Kier alpha value is -2.61. The molecule has 1 heterocycles.